The first-order valence-corrected chi connectivity index (χ1v) is 12.3. The minimum atomic E-state index is -0.477. The number of fused-ring (bicyclic) bond motifs is 1. The van der Waals surface area contributed by atoms with Crippen LogP contribution in [0.4, 0.5) is 0 Å². The number of ether oxygens (including phenoxy) is 3. The molecular formula is C24H25Br2N3O5. The van der Waals surface area contributed by atoms with Crippen LogP contribution in [0, 0.1) is 0 Å². The first-order valence-electron chi connectivity index (χ1n) is 10.7. The van der Waals surface area contributed by atoms with Crippen LogP contribution in [-0.4, -0.2) is 42.2 Å². The van der Waals surface area contributed by atoms with E-state index in [1.807, 2.05) is 26.0 Å². The third-order valence-corrected chi connectivity index (χ3v) is 6.18. The van der Waals surface area contributed by atoms with E-state index >= 15 is 0 Å². The highest BCUT2D eigenvalue weighted by Gasteiger charge is 2.17. The summed E-state index contributed by atoms with van der Waals surface area (Å²) in [6, 6.07) is 8.88. The molecule has 3 rings (SSSR count). The Kier molecular flexibility index (Phi) is 8.84. The molecule has 2 aromatic carbocycles. The molecule has 0 aliphatic carbocycles. The van der Waals surface area contributed by atoms with Crippen LogP contribution in [0.2, 0.25) is 0 Å². The van der Waals surface area contributed by atoms with E-state index in [9.17, 15) is 9.59 Å². The molecule has 8 nitrogen and oxygen atoms in total. The monoisotopic (exact) mass is 593 g/mol. The third kappa shape index (κ3) is 5.85. The Morgan fingerprint density at radius 2 is 2.00 bits per heavy atom. The summed E-state index contributed by atoms with van der Waals surface area (Å²) >= 11 is 6.87. The second-order valence-electron chi connectivity index (χ2n) is 7.43. The first-order chi connectivity index (χ1) is 16.3. The molecule has 0 radical (unpaired) electrons. The van der Waals surface area contributed by atoms with Gasteiger partial charge in [0.1, 0.15) is 5.82 Å². The average Bonchev–Trinajstić information content (AvgIpc) is 2.82. The van der Waals surface area contributed by atoms with E-state index in [4.69, 9.17) is 19.2 Å². The van der Waals surface area contributed by atoms with Gasteiger partial charge in [0.05, 0.1) is 35.3 Å². The highest BCUT2D eigenvalue weighted by atomic mass is 79.9. The van der Waals surface area contributed by atoms with E-state index in [2.05, 4.69) is 37.0 Å². The van der Waals surface area contributed by atoms with Crippen molar-refractivity contribution in [2.24, 2.45) is 5.10 Å². The van der Waals surface area contributed by atoms with Crippen molar-refractivity contribution in [2.75, 3.05) is 20.3 Å². The van der Waals surface area contributed by atoms with Gasteiger partial charge in [-0.15, -0.1) is 0 Å². The van der Waals surface area contributed by atoms with Gasteiger partial charge < -0.3 is 14.2 Å². The summed E-state index contributed by atoms with van der Waals surface area (Å²) in [5, 5.41) is 4.95. The van der Waals surface area contributed by atoms with Gasteiger partial charge in [-0.1, -0.05) is 29.8 Å². The number of nitrogens with zero attached hydrogens (tertiary/aromatic N) is 3. The van der Waals surface area contributed by atoms with Gasteiger partial charge in [0.15, 0.2) is 18.1 Å². The molecule has 0 amide bonds. The van der Waals surface area contributed by atoms with Crippen LogP contribution in [0.5, 0.6) is 11.5 Å². The number of carbonyl (C=O) groups is 1. The molecule has 0 fully saturated rings. The molecule has 3 aromatic rings. The standard InChI is InChI=1S/C24H25Br2N3O5/c1-5-14(3)23-28-19-8-7-16(25)11-17(19)24(31)29(23)27-12-15-9-18(26)22(20(10-15)32-4)34-13-21(30)33-6-2/h7-12,14H,5-6,13H2,1-4H3/t14-/m0/s1. The fourth-order valence-corrected chi connectivity index (χ4v) is 4.13. The summed E-state index contributed by atoms with van der Waals surface area (Å²) in [6.45, 7) is 5.79. The number of rotatable bonds is 9. The zero-order valence-electron chi connectivity index (χ0n) is 19.3. The lowest BCUT2D eigenvalue weighted by Crippen LogP contribution is -2.23. The number of halogens is 2. The second kappa shape index (κ2) is 11.6. The molecule has 180 valence electrons. The van der Waals surface area contributed by atoms with E-state index in [1.54, 1.807) is 31.3 Å². The maximum absolute atomic E-state index is 13.3. The number of hydrogen-bond acceptors (Lipinski definition) is 7. The molecule has 1 aromatic heterocycles. The van der Waals surface area contributed by atoms with Gasteiger partial charge >= 0.3 is 5.97 Å². The number of carbonyl (C=O) groups excluding carboxylic acids is 1. The fraction of sp³-hybridized carbons (Fsp3) is 0.333. The SMILES string of the molecule is CCOC(=O)COc1c(Br)cc(C=Nn2c([C@@H](C)CC)nc3ccc(Br)cc3c2=O)cc1OC. The number of methoxy groups -OCH3 is 1. The largest absolute Gasteiger partial charge is 0.493 e. The van der Waals surface area contributed by atoms with E-state index in [0.717, 1.165) is 10.9 Å². The number of esters is 1. The molecule has 1 heterocycles. The number of aromatic nitrogens is 2. The lowest BCUT2D eigenvalue weighted by molar-refractivity contribution is -0.145. The smallest absolute Gasteiger partial charge is 0.344 e. The Labute approximate surface area is 214 Å². The van der Waals surface area contributed by atoms with Crippen molar-refractivity contribution in [3.8, 4) is 11.5 Å². The van der Waals surface area contributed by atoms with Gasteiger partial charge in [-0.05, 0) is 65.2 Å². The molecule has 0 aliphatic heterocycles. The summed E-state index contributed by atoms with van der Waals surface area (Å²) < 4.78 is 18.6. The van der Waals surface area contributed by atoms with Crippen LogP contribution in [0.1, 0.15) is 44.5 Å². The molecule has 0 aliphatic rings. The van der Waals surface area contributed by atoms with Crippen LogP contribution in [0.15, 0.2) is 49.2 Å². The van der Waals surface area contributed by atoms with Gasteiger partial charge in [0.2, 0.25) is 0 Å². The predicted octanol–water partition coefficient (Wildman–Crippen LogP) is 5.27. The van der Waals surface area contributed by atoms with E-state index < -0.39 is 5.97 Å². The van der Waals surface area contributed by atoms with Crippen LogP contribution >= 0.6 is 31.9 Å². The third-order valence-electron chi connectivity index (χ3n) is 5.10. The highest BCUT2D eigenvalue weighted by Crippen LogP contribution is 2.36. The van der Waals surface area contributed by atoms with Crippen molar-refractivity contribution < 1.29 is 19.0 Å². The quantitative estimate of drug-likeness (QED) is 0.248. The average molecular weight is 595 g/mol. The van der Waals surface area contributed by atoms with Crippen molar-refractivity contribution in [2.45, 2.75) is 33.1 Å². The molecule has 0 spiro atoms. The summed E-state index contributed by atoms with van der Waals surface area (Å²) in [5.74, 6) is 0.892. The van der Waals surface area contributed by atoms with Crippen LogP contribution in [0.3, 0.4) is 0 Å². The van der Waals surface area contributed by atoms with E-state index in [0.29, 0.717) is 38.3 Å². The van der Waals surface area contributed by atoms with Crippen molar-refractivity contribution in [1.82, 2.24) is 9.66 Å². The number of benzene rings is 2. The molecule has 0 N–H and O–H groups in total. The molecule has 0 bridgehead atoms. The number of hydrogen-bond donors (Lipinski definition) is 0. The fourth-order valence-electron chi connectivity index (χ4n) is 3.19. The minimum absolute atomic E-state index is 0.0258. The highest BCUT2D eigenvalue weighted by molar-refractivity contribution is 9.10. The zero-order valence-corrected chi connectivity index (χ0v) is 22.5. The molecule has 0 saturated carbocycles. The second-order valence-corrected chi connectivity index (χ2v) is 9.20. The summed E-state index contributed by atoms with van der Waals surface area (Å²) in [7, 11) is 1.50. The van der Waals surface area contributed by atoms with Crippen molar-refractivity contribution in [3.63, 3.8) is 0 Å². The van der Waals surface area contributed by atoms with Gasteiger partial charge in [-0.3, -0.25) is 4.79 Å². The topological polar surface area (TPSA) is 92.0 Å². The Morgan fingerprint density at radius 1 is 1.24 bits per heavy atom. The van der Waals surface area contributed by atoms with E-state index in [1.165, 1.54) is 11.8 Å². The van der Waals surface area contributed by atoms with Gasteiger partial charge in [0, 0.05) is 10.4 Å². The molecular weight excluding hydrogens is 570 g/mol. The van der Waals surface area contributed by atoms with Crippen LogP contribution in [-0.2, 0) is 9.53 Å². The van der Waals surface area contributed by atoms with Gasteiger partial charge in [-0.25, -0.2) is 9.78 Å². The summed E-state index contributed by atoms with van der Waals surface area (Å²) in [4.78, 5) is 29.6. The first kappa shape index (κ1) is 25.9. The van der Waals surface area contributed by atoms with Crippen molar-refractivity contribution in [1.29, 1.82) is 0 Å². The molecule has 1 atom stereocenters. The Bertz CT molecular complexity index is 1290. The maximum atomic E-state index is 13.3. The molecule has 10 heteroatoms. The Hall–Kier alpha value is -2.72. The maximum Gasteiger partial charge on any atom is 0.344 e. The molecule has 0 saturated heterocycles. The van der Waals surface area contributed by atoms with Gasteiger partial charge in [0.25, 0.3) is 5.56 Å². The van der Waals surface area contributed by atoms with E-state index in [-0.39, 0.29) is 24.7 Å². The van der Waals surface area contributed by atoms with Crippen molar-refractivity contribution >= 4 is 54.9 Å². The normalized spacial score (nSPS) is 12.2. The van der Waals surface area contributed by atoms with Crippen molar-refractivity contribution in [3.05, 3.63) is 61.0 Å². The summed E-state index contributed by atoms with van der Waals surface area (Å²) in [5.41, 5.74) is 1.03. The Morgan fingerprint density at radius 3 is 2.68 bits per heavy atom. The minimum Gasteiger partial charge on any atom is -0.493 e. The van der Waals surface area contributed by atoms with Gasteiger partial charge in [-0.2, -0.15) is 9.78 Å². The zero-order chi connectivity index (χ0) is 24.8. The van der Waals surface area contributed by atoms with Crippen LogP contribution in [0.25, 0.3) is 10.9 Å². The summed E-state index contributed by atoms with van der Waals surface area (Å²) in [6.07, 6.45) is 2.36. The molecule has 0 unspecified atom stereocenters. The predicted molar refractivity (Wildman–Crippen MR) is 138 cm³/mol. The molecule has 34 heavy (non-hydrogen) atoms. The lowest BCUT2D eigenvalue weighted by Gasteiger charge is -2.14. The van der Waals surface area contributed by atoms with Crippen LogP contribution < -0.4 is 15.0 Å². The Balaban J connectivity index is 2.02. The lowest BCUT2D eigenvalue weighted by atomic mass is 10.1.